The molecular weight excluding hydrogens is 264 g/mol. The lowest BCUT2D eigenvalue weighted by Gasteiger charge is -2.33. The predicted molar refractivity (Wildman–Crippen MR) is 85.8 cm³/mol. The van der Waals surface area contributed by atoms with Crippen molar-refractivity contribution in [2.24, 2.45) is 5.73 Å². The van der Waals surface area contributed by atoms with Crippen LogP contribution in [0.4, 0.5) is 6.01 Å². The molecular formula is C16H24N4O. The molecule has 0 unspecified atom stereocenters. The number of rotatable bonds is 4. The smallest absolute Gasteiger partial charge is 0.298 e. The van der Waals surface area contributed by atoms with Crippen LogP contribution in [0.2, 0.25) is 0 Å². The molecule has 0 amide bonds. The molecule has 2 N–H and O–H groups in total. The molecule has 2 heterocycles. The first-order valence-electron chi connectivity index (χ1n) is 7.72. The highest BCUT2D eigenvalue weighted by Gasteiger charge is 2.21. The molecule has 21 heavy (non-hydrogen) atoms. The Balaban J connectivity index is 1.72. The van der Waals surface area contributed by atoms with E-state index >= 15 is 0 Å². The fraction of sp³-hybridized carbons (Fsp3) is 0.562. The highest BCUT2D eigenvalue weighted by atomic mass is 16.4. The second-order valence-corrected chi connectivity index (χ2v) is 5.90. The van der Waals surface area contributed by atoms with Crippen LogP contribution in [0.3, 0.4) is 0 Å². The lowest BCUT2D eigenvalue weighted by Crippen LogP contribution is -2.47. The third-order valence-corrected chi connectivity index (χ3v) is 4.13. The highest BCUT2D eigenvalue weighted by Crippen LogP contribution is 2.26. The molecule has 0 saturated carbocycles. The molecule has 0 bridgehead atoms. The Morgan fingerprint density at radius 1 is 1.19 bits per heavy atom. The second-order valence-electron chi connectivity index (χ2n) is 5.90. The first-order valence-corrected chi connectivity index (χ1v) is 7.72. The number of anilines is 1. The standard InChI is InChI=1S/C16H24N4O/c1-12-10-13(2)15-14(11-12)18-16(21-15)20-8-6-19(7-9-20)5-3-4-17/h10-11H,3-9,17H2,1-2H3. The highest BCUT2D eigenvalue weighted by molar-refractivity contribution is 5.78. The van der Waals surface area contributed by atoms with Gasteiger partial charge < -0.3 is 15.1 Å². The van der Waals surface area contributed by atoms with Crippen molar-refractivity contribution in [3.05, 3.63) is 23.3 Å². The van der Waals surface area contributed by atoms with Gasteiger partial charge in [-0.3, -0.25) is 4.90 Å². The Labute approximate surface area is 125 Å². The van der Waals surface area contributed by atoms with Crippen LogP contribution in [-0.2, 0) is 0 Å². The maximum atomic E-state index is 5.99. The van der Waals surface area contributed by atoms with Crippen molar-refractivity contribution in [2.75, 3.05) is 44.2 Å². The summed E-state index contributed by atoms with van der Waals surface area (Å²) < 4.78 is 5.99. The lowest BCUT2D eigenvalue weighted by atomic mass is 10.1. The molecule has 114 valence electrons. The van der Waals surface area contributed by atoms with Crippen LogP contribution in [0, 0.1) is 13.8 Å². The molecule has 2 aromatic rings. The second kappa shape index (κ2) is 6.03. The van der Waals surface area contributed by atoms with Gasteiger partial charge in [-0.15, -0.1) is 0 Å². The van der Waals surface area contributed by atoms with Gasteiger partial charge in [-0.25, -0.2) is 0 Å². The Morgan fingerprint density at radius 2 is 1.95 bits per heavy atom. The molecule has 1 aliphatic rings. The Hall–Kier alpha value is -1.59. The summed E-state index contributed by atoms with van der Waals surface area (Å²) in [5.74, 6) is 0. The van der Waals surface area contributed by atoms with Gasteiger partial charge in [0.2, 0.25) is 0 Å². The number of nitrogens with two attached hydrogens (primary N) is 1. The van der Waals surface area contributed by atoms with E-state index in [2.05, 4.69) is 40.8 Å². The number of fused-ring (bicyclic) bond motifs is 1. The van der Waals surface area contributed by atoms with E-state index in [1.165, 1.54) is 5.56 Å². The van der Waals surface area contributed by atoms with Crippen molar-refractivity contribution in [1.82, 2.24) is 9.88 Å². The van der Waals surface area contributed by atoms with E-state index in [1.54, 1.807) is 0 Å². The van der Waals surface area contributed by atoms with Gasteiger partial charge in [0.1, 0.15) is 5.52 Å². The number of hydrogen-bond donors (Lipinski definition) is 1. The molecule has 1 aliphatic heterocycles. The fourth-order valence-electron chi connectivity index (χ4n) is 2.98. The predicted octanol–water partition coefficient (Wildman–Crippen LogP) is 1.92. The number of aromatic nitrogens is 1. The van der Waals surface area contributed by atoms with E-state index in [1.807, 2.05) is 0 Å². The van der Waals surface area contributed by atoms with E-state index in [0.717, 1.165) is 68.4 Å². The molecule has 0 spiro atoms. The van der Waals surface area contributed by atoms with Crippen LogP contribution in [0.1, 0.15) is 17.5 Å². The molecule has 0 atom stereocenters. The van der Waals surface area contributed by atoms with E-state index in [9.17, 15) is 0 Å². The summed E-state index contributed by atoms with van der Waals surface area (Å²) >= 11 is 0. The normalized spacial score (nSPS) is 16.8. The maximum Gasteiger partial charge on any atom is 0.298 e. The first-order chi connectivity index (χ1) is 10.2. The summed E-state index contributed by atoms with van der Waals surface area (Å²) in [7, 11) is 0. The fourth-order valence-corrected chi connectivity index (χ4v) is 2.98. The Bertz CT molecular complexity index is 614. The minimum atomic E-state index is 0.761. The zero-order chi connectivity index (χ0) is 14.8. The monoisotopic (exact) mass is 288 g/mol. The van der Waals surface area contributed by atoms with Crippen molar-refractivity contribution in [1.29, 1.82) is 0 Å². The molecule has 0 radical (unpaired) electrons. The average Bonchev–Trinajstić information content (AvgIpc) is 2.90. The van der Waals surface area contributed by atoms with Gasteiger partial charge in [-0.1, -0.05) is 6.07 Å². The molecule has 1 aromatic heterocycles. The summed E-state index contributed by atoms with van der Waals surface area (Å²) in [5, 5.41) is 0. The van der Waals surface area contributed by atoms with Gasteiger partial charge in [0.25, 0.3) is 6.01 Å². The van der Waals surface area contributed by atoms with Crippen LogP contribution in [0.15, 0.2) is 16.5 Å². The van der Waals surface area contributed by atoms with Crippen molar-refractivity contribution in [2.45, 2.75) is 20.3 Å². The van der Waals surface area contributed by atoms with Gasteiger partial charge in [0, 0.05) is 26.2 Å². The van der Waals surface area contributed by atoms with Crippen LogP contribution < -0.4 is 10.6 Å². The molecule has 5 nitrogen and oxygen atoms in total. The molecule has 3 rings (SSSR count). The maximum absolute atomic E-state index is 5.99. The summed E-state index contributed by atoms with van der Waals surface area (Å²) in [4.78, 5) is 9.37. The Kier molecular flexibility index (Phi) is 4.12. The van der Waals surface area contributed by atoms with Crippen LogP contribution >= 0.6 is 0 Å². The minimum Gasteiger partial charge on any atom is -0.423 e. The average molecular weight is 288 g/mol. The van der Waals surface area contributed by atoms with Gasteiger partial charge in [0.15, 0.2) is 5.58 Å². The summed E-state index contributed by atoms with van der Waals surface area (Å²) in [6.45, 7) is 10.1. The van der Waals surface area contributed by atoms with Gasteiger partial charge >= 0.3 is 0 Å². The lowest BCUT2D eigenvalue weighted by molar-refractivity contribution is 0.252. The summed E-state index contributed by atoms with van der Waals surface area (Å²) in [6.07, 6.45) is 1.07. The van der Waals surface area contributed by atoms with Crippen molar-refractivity contribution < 1.29 is 4.42 Å². The minimum absolute atomic E-state index is 0.761. The largest absolute Gasteiger partial charge is 0.423 e. The molecule has 0 aliphatic carbocycles. The molecule has 1 aromatic carbocycles. The van der Waals surface area contributed by atoms with Crippen molar-refractivity contribution >= 4 is 17.1 Å². The number of aryl methyl sites for hydroxylation is 2. The van der Waals surface area contributed by atoms with Gasteiger partial charge in [0.05, 0.1) is 0 Å². The quantitative estimate of drug-likeness (QED) is 0.931. The Morgan fingerprint density at radius 3 is 2.67 bits per heavy atom. The zero-order valence-corrected chi connectivity index (χ0v) is 12.9. The van der Waals surface area contributed by atoms with Crippen LogP contribution in [0.25, 0.3) is 11.1 Å². The van der Waals surface area contributed by atoms with E-state index in [4.69, 9.17) is 10.2 Å². The van der Waals surface area contributed by atoms with Crippen LogP contribution in [-0.4, -0.2) is 49.2 Å². The van der Waals surface area contributed by atoms with Gasteiger partial charge in [-0.05, 0) is 50.6 Å². The third kappa shape index (κ3) is 3.04. The number of oxazole rings is 1. The number of benzene rings is 1. The van der Waals surface area contributed by atoms with Crippen molar-refractivity contribution in [3.8, 4) is 0 Å². The number of nitrogens with zero attached hydrogens (tertiary/aromatic N) is 3. The number of piperazine rings is 1. The topological polar surface area (TPSA) is 58.5 Å². The summed E-state index contributed by atoms with van der Waals surface area (Å²) in [6, 6.07) is 4.99. The van der Waals surface area contributed by atoms with Crippen LogP contribution in [0.5, 0.6) is 0 Å². The number of hydrogen-bond acceptors (Lipinski definition) is 5. The van der Waals surface area contributed by atoms with Crippen molar-refractivity contribution in [3.63, 3.8) is 0 Å². The first kappa shape index (κ1) is 14.4. The summed E-state index contributed by atoms with van der Waals surface area (Å²) in [5.41, 5.74) is 9.84. The van der Waals surface area contributed by atoms with E-state index in [-0.39, 0.29) is 0 Å². The molecule has 1 saturated heterocycles. The SMILES string of the molecule is Cc1cc(C)c2oc(N3CCN(CCCN)CC3)nc2c1. The third-order valence-electron chi connectivity index (χ3n) is 4.13. The molecule has 5 heteroatoms. The molecule has 1 fully saturated rings. The zero-order valence-electron chi connectivity index (χ0n) is 12.9. The van der Waals surface area contributed by atoms with E-state index in [0.29, 0.717) is 0 Å². The van der Waals surface area contributed by atoms with Gasteiger partial charge in [-0.2, -0.15) is 4.98 Å². The van der Waals surface area contributed by atoms with E-state index < -0.39 is 0 Å².